The SMILES string of the molecule is Cc1oc(CO)nc1C1CCOC1. The topological polar surface area (TPSA) is 55.5 Å². The minimum Gasteiger partial charge on any atom is -0.443 e. The van der Waals surface area contributed by atoms with E-state index in [9.17, 15) is 0 Å². The Morgan fingerprint density at radius 3 is 3.00 bits per heavy atom. The molecule has 4 heteroatoms. The number of oxazole rings is 1. The van der Waals surface area contributed by atoms with Crippen molar-refractivity contribution < 1.29 is 14.3 Å². The molecular formula is C9H13NO3. The van der Waals surface area contributed by atoms with E-state index < -0.39 is 0 Å². The van der Waals surface area contributed by atoms with E-state index in [1.807, 2.05) is 6.92 Å². The highest BCUT2D eigenvalue weighted by molar-refractivity contribution is 5.14. The Morgan fingerprint density at radius 1 is 1.62 bits per heavy atom. The van der Waals surface area contributed by atoms with Gasteiger partial charge in [0.15, 0.2) is 0 Å². The van der Waals surface area contributed by atoms with E-state index in [4.69, 9.17) is 14.3 Å². The van der Waals surface area contributed by atoms with Crippen molar-refractivity contribution in [3.05, 3.63) is 17.3 Å². The highest BCUT2D eigenvalue weighted by Crippen LogP contribution is 2.27. The van der Waals surface area contributed by atoms with Crippen LogP contribution in [0.2, 0.25) is 0 Å². The quantitative estimate of drug-likeness (QED) is 0.742. The normalized spacial score (nSPS) is 22.5. The fourth-order valence-electron chi connectivity index (χ4n) is 1.66. The third kappa shape index (κ3) is 1.59. The Hall–Kier alpha value is -0.870. The number of hydrogen-bond acceptors (Lipinski definition) is 4. The van der Waals surface area contributed by atoms with Gasteiger partial charge in [0.1, 0.15) is 12.4 Å². The average Bonchev–Trinajstić information content (AvgIpc) is 2.72. The smallest absolute Gasteiger partial charge is 0.220 e. The largest absolute Gasteiger partial charge is 0.443 e. The first-order chi connectivity index (χ1) is 6.31. The van der Waals surface area contributed by atoms with Crippen LogP contribution in [-0.4, -0.2) is 23.3 Å². The number of rotatable bonds is 2. The molecule has 1 aromatic heterocycles. The number of hydrogen-bond donors (Lipinski definition) is 1. The molecule has 2 heterocycles. The van der Waals surface area contributed by atoms with Gasteiger partial charge in [-0.25, -0.2) is 4.98 Å². The summed E-state index contributed by atoms with van der Waals surface area (Å²) >= 11 is 0. The molecule has 13 heavy (non-hydrogen) atoms. The predicted molar refractivity (Wildman–Crippen MR) is 45.3 cm³/mol. The van der Waals surface area contributed by atoms with Gasteiger partial charge in [-0.15, -0.1) is 0 Å². The number of aromatic nitrogens is 1. The summed E-state index contributed by atoms with van der Waals surface area (Å²) in [5, 5.41) is 8.83. The van der Waals surface area contributed by atoms with E-state index in [0.717, 1.165) is 31.1 Å². The summed E-state index contributed by atoms with van der Waals surface area (Å²) in [6.07, 6.45) is 0.998. The van der Waals surface area contributed by atoms with Crippen molar-refractivity contribution in [3.8, 4) is 0 Å². The van der Waals surface area contributed by atoms with Crippen LogP contribution < -0.4 is 0 Å². The van der Waals surface area contributed by atoms with Crippen molar-refractivity contribution >= 4 is 0 Å². The van der Waals surface area contributed by atoms with Crippen LogP contribution in [0.4, 0.5) is 0 Å². The second-order valence-electron chi connectivity index (χ2n) is 3.27. The predicted octanol–water partition coefficient (Wildman–Crippen LogP) is 0.979. The monoisotopic (exact) mass is 183 g/mol. The second kappa shape index (κ2) is 3.47. The van der Waals surface area contributed by atoms with Crippen LogP contribution in [0, 0.1) is 6.92 Å². The summed E-state index contributed by atoms with van der Waals surface area (Å²) < 4.78 is 10.5. The molecule has 1 aromatic rings. The van der Waals surface area contributed by atoms with Gasteiger partial charge in [-0.1, -0.05) is 0 Å². The number of aryl methyl sites for hydroxylation is 1. The van der Waals surface area contributed by atoms with Crippen LogP contribution in [0.3, 0.4) is 0 Å². The molecule has 1 aliphatic rings. The highest BCUT2D eigenvalue weighted by atomic mass is 16.5. The molecule has 0 aromatic carbocycles. The molecule has 0 bridgehead atoms. The zero-order chi connectivity index (χ0) is 9.26. The summed E-state index contributed by atoms with van der Waals surface area (Å²) in [5.74, 6) is 1.56. The Kier molecular flexibility index (Phi) is 2.33. The van der Waals surface area contributed by atoms with Crippen molar-refractivity contribution in [1.29, 1.82) is 0 Å². The van der Waals surface area contributed by atoms with Crippen molar-refractivity contribution in [2.45, 2.75) is 25.9 Å². The number of ether oxygens (including phenoxy) is 1. The minimum atomic E-state index is -0.131. The van der Waals surface area contributed by atoms with Crippen molar-refractivity contribution in [2.75, 3.05) is 13.2 Å². The van der Waals surface area contributed by atoms with Crippen LogP contribution in [0.25, 0.3) is 0 Å². The lowest BCUT2D eigenvalue weighted by molar-refractivity contribution is 0.193. The van der Waals surface area contributed by atoms with E-state index in [1.54, 1.807) is 0 Å². The maximum Gasteiger partial charge on any atom is 0.220 e. The van der Waals surface area contributed by atoms with Gasteiger partial charge < -0.3 is 14.3 Å². The number of aliphatic hydroxyl groups is 1. The summed E-state index contributed by atoms with van der Waals surface area (Å²) in [6, 6.07) is 0. The maximum absolute atomic E-state index is 8.83. The zero-order valence-corrected chi connectivity index (χ0v) is 7.62. The molecule has 1 fully saturated rings. The van der Waals surface area contributed by atoms with Gasteiger partial charge in [0.25, 0.3) is 0 Å². The van der Waals surface area contributed by atoms with Gasteiger partial charge in [-0.2, -0.15) is 0 Å². The Balaban J connectivity index is 2.22. The molecule has 1 N–H and O–H groups in total. The molecule has 72 valence electrons. The first-order valence-electron chi connectivity index (χ1n) is 4.46. The molecule has 0 amide bonds. The van der Waals surface area contributed by atoms with Crippen molar-refractivity contribution in [2.24, 2.45) is 0 Å². The van der Waals surface area contributed by atoms with Crippen LogP contribution in [0.1, 0.15) is 29.7 Å². The van der Waals surface area contributed by atoms with Crippen molar-refractivity contribution in [3.63, 3.8) is 0 Å². The van der Waals surface area contributed by atoms with E-state index in [2.05, 4.69) is 4.98 Å². The first kappa shape index (κ1) is 8.72. The van der Waals surface area contributed by atoms with E-state index >= 15 is 0 Å². The first-order valence-corrected chi connectivity index (χ1v) is 4.46. The average molecular weight is 183 g/mol. The van der Waals surface area contributed by atoms with Gasteiger partial charge >= 0.3 is 0 Å². The number of nitrogens with zero attached hydrogens (tertiary/aromatic N) is 1. The molecule has 1 aliphatic heterocycles. The fourth-order valence-corrected chi connectivity index (χ4v) is 1.66. The lowest BCUT2D eigenvalue weighted by Crippen LogP contribution is -2.00. The molecule has 2 rings (SSSR count). The van der Waals surface area contributed by atoms with Crippen LogP contribution >= 0.6 is 0 Å². The molecule has 1 saturated heterocycles. The summed E-state index contributed by atoms with van der Waals surface area (Å²) in [4.78, 5) is 4.21. The maximum atomic E-state index is 8.83. The van der Waals surface area contributed by atoms with Crippen LogP contribution in [0.15, 0.2) is 4.42 Å². The van der Waals surface area contributed by atoms with Crippen LogP contribution in [0.5, 0.6) is 0 Å². The molecule has 0 saturated carbocycles. The third-order valence-electron chi connectivity index (χ3n) is 2.33. The Bertz CT molecular complexity index is 289. The third-order valence-corrected chi connectivity index (χ3v) is 2.33. The molecule has 0 spiro atoms. The second-order valence-corrected chi connectivity index (χ2v) is 3.27. The lowest BCUT2D eigenvalue weighted by Gasteiger charge is -2.01. The Labute approximate surface area is 76.5 Å². The van der Waals surface area contributed by atoms with Gasteiger partial charge in [-0.3, -0.25) is 0 Å². The summed E-state index contributed by atoms with van der Waals surface area (Å²) in [7, 11) is 0. The van der Waals surface area contributed by atoms with Crippen LogP contribution in [-0.2, 0) is 11.3 Å². The Morgan fingerprint density at radius 2 is 2.46 bits per heavy atom. The zero-order valence-electron chi connectivity index (χ0n) is 7.62. The standard InChI is InChI=1S/C9H13NO3/c1-6-9(7-2-3-12-5-7)10-8(4-11)13-6/h7,11H,2-5H2,1H3. The molecule has 0 radical (unpaired) electrons. The minimum absolute atomic E-state index is 0.131. The molecule has 1 atom stereocenters. The van der Waals surface area contributed by atoms with Gasteiger partial charge in [0, 0.05) is 12.5 Å². The van der Waals surface area contributed by atoms with E-state index in [0.29, 0.717) is 11.8 Å². The molecule has 1 unspecified atom stereocenters. The van der Waals surface area contributed by atoms with Gasteiger partial charge in [-0.05, 0) is 13.3 Å². The summed E-state index contributed by atoms with van der Waals surface area (Å²) in [5.41, 5.74) is 0.946. The molecule has 4 nitrogen and oxygen atoms in total. The fraction of sp³-hybridized carbons (Fsp3) is 0.667. The van der Waals surface area contributed by atoms with Gasteiger partial charge in [0.05, 0.1) is 12.3 Å². The highest BCUT2D eigenvalue weighted by Gasteiger charge is 2.23. The van der Waals surface area contributed by atoms with E-state index in [1.165, 1.54) is 0 Å². The number of aliphatic hydroxyl groups excluding tert-OH is 1. The summed E-state index contributed by atoms with van der Waals surface area (Å²) in [6.45, 7) is 3.26. The van der Waals surface area contributed by atoms with Gasteiger partial charge in [0.2, 0.25) is 5.89 Å². The van der Waals surface area contributed by atoms with Crippen molar-refractivity contribution in [1.82, 2.24) is 4.98 Å². The van der Waals surface area contributed by atoms with E-state index in [-0.39, 0.29) is 6.61 Å². The molecular weight excluding hydrogens is 170 g/mol. The lowest BCUT2D eigenvalue weighted by atomic mass is 10.0. The molecule has 0 aliphatic carbocycles.